The number of nitro groups is 1. The van der Waals surface area contributed by atoms with E-state index in [1.807, 2.05) is 30.3 Å². The van der Waals surface area contributed by atoms with Crippen molar-refractivity contribution in [3.8, 4) is 11.8 Å². The third-order valence-electron chi connectivity index (χ3n) is 2.89. The summed E-state index contributed by atoms with van der Waals surface area (Å²) in [6.45, 7) is 0.248. The average molecular weight is 306 g/mol. The lowest BCUT2D eigenvalue weighted by molar-refractivity contribution is -0.384. The van der Waals surface area contributed by atoms with Crippen LogP contribution in [0.2, 0.25) is 0 Å². The van der Waals surface area contributed by atoms with E-state index in [0.717, 1.165) is 5.56 Å². The first-order valence-electron chi connectivity index (χ1n) is 6.89. The first-order valence-corrected chi connectivity index (χ1v) is 6.89. The zero-order valence-electron chi connectivity index (χ0n) is 12.2. The van der Waals surface area contributed by atoms with E-state index in [1.54, 1.807) is 18.2 Å². The van der Waals surface area contributed by atoms with E-state index in [0.29, 0.717) is 5.56 Å². The Morgan fingerprint density at radius 1 is 1.13 bits per heavy atom. The Balaban J connectivity index is 1.82. The minimum atomic E-state index is -0.467. The Kier molecular flexibility index (Phi) is 5.67. The number of nitrogens with one attached hydrogen (secondary N) is 1. The molecular weight excluding hydrogens is 292 g/mol. The fourth-order valence-electron chi connectivity index (χ4n) is 1.74. The molecule has 0 saturated carbocycles. The van der Waals surface area contributed by atoms with Gasteiger partial charge in [0.05, 0.1) is 11.5 Å². The van der Waals surface area contributed by atoms with Crippen molar-refractivity contribution in [2.24, 2.45) is 0 Å². The van der Waals surface area contributed by atoms with Gasteiger partial charge in [-0.25, -0.2) is 0 Å². The van der Waals surface area contributed by atoms with Gasteiger partial charge in [-0.1, -0.05) is 30.0 Å². The van der Waals surface area contributed by atoms with Crippen LogP contribution in [0, 0.1) is 22.0 Å². The van der Waals surface area contributed by atoms with E-state index in [1.165, 1.54) is 18.2 Å². The van der Waals surface area contributed by atoms with Crippen molar-refractivity contribution in [3.05, 3.63) is 81.9 Å². The second kappa shape index (κ2) is 8.15. The molecule has 0 unspecified atom stereocenters. The first-order chi connectivity index (χ1) is 11.1. The fraction of sp³-hybridized carbons (Fsp3) is 0.0556. The molecule has 0 fully saturated rings. The second-order valence-electron chi connectivity index (χ2n) is 4.57. The summed E-state index contributed by atoms with van der Waals surface area (Å²) in [4.78, 5) is 21.7. The molecule has 5 heteroatoms. The standard InChI is InChI=1S/C18H14N2O3/c21-18(19-14-4-7-15-5-2-1-3-6-15)13-10-16-8-11-17(12-9-16)20(22)23/h1-3,5-6,8-13H,14H2,(H,19,21)/b13-10+. The van der Waals surface area contributed by atoms with Crippen molar-refractivity contribution in [3.63, 3.8) is 0 Å². The molecule has 114 valence electrons. The van der Waals surface area contributed by atoms with Crippen LogP contribution >= 0.6 is 0 Å². The zero-order chi connectivity index (χ0) is 16.5. The van der Waals surface area contributed by atoms with Gasteiger partial charge in [0.1, 0.15) is 0 Å². The molecule has 0 spiro atoms. The highest BCUT2D eigenvalue weighted by Gasteiger charge is 2.02. The van der Waals surface area contributed by atoms with Gasteiger partial charge in [0.15, 0.2) is 0 Å². The summed E-state index contributed by atoms with van der Waals surface area (Å²) in [5, 5.41) is 13.2. The molecule has 0 aliphatic carbocycles. The average Bonchev–Trinajstić information content (AvgIpc) is 2.58. The van der Waals surface area contributed by atoms with Gasteiger partial charge in [-0.05, 0) is 35.9 Å². The summed E-state index contributed by atoms with van der Waals surface area (Å²) in [6.07, 6.45) is 2.95. The van der Waals surface area contributed by atoms with Crippen LogP contribution in [0.1, 0.15) is 11.1 Å². The highest BCUT2D eigenvalue weighted by molar-refractivity contribution is 5.91. The van der Waals surface area contributed by atoms with E-state index in [2.05, 4.69) is 17.2 Å². The van der Waals surface area contributed by atoms with E-state index >= 15 is 0 Å². The van der Waals surface area contributed by atoms with Crippen LogP contribution in [-0.4, -0.2) is 17.4 Å². The van der Waals surface area contributed by atoms with Gasteiger partial charge in [-0.15, -0.1) is 0 Å². The van der Waals surface area contributed by atoms with Crippen LogP contribution < -0.4 is 5.32 Å². The molecule has 1 amide bonds. The van der Waals surface area contributed by atoms with Crippen molar-refractivity contribution in [1.82, 2.24) is 5.32 Å². The Labute approximate surface area is 133 Å². The van der Waals surface area contributed by atoms with Crippen LogP contribution in [0.15, 0.2) is 60.7 Å². The summed E-state index contributed by atoms with van der Waals surface area (Å²) in [5.74, 6) is 5.53. The monoisotopic (exact) mass is 306 g/mol. The van der Waals surface area contributed by atoms with Gasteiger partial charge in [-0.3, -0.25) is 14.9 Å². The summed E-state index contributed by atoms with van der Waals surface area (Å²) < 4.78 is 0. The van der Waals surface area contributed by atoms with Crippen molar-refractivity contribution >= 4 is 17.7 Å². The Hall–Kier alpha value is -3.39. The van der Waals surface area contributed by atoms with Crippen LogP contribution in [-0.2, 0) is 4.79 Å². The van der Waals surface area contributed by atoms with Gasteiger partial charge in [0, 0.05) is 23.8 Å². The van der Waals surface area contributed by atoms with Crippen molar-refractivity contribution in [2.45, 2.75) is 0 Å². The van der Waals surface area contributed by atoms with E-state index < -0.39 is 4.92 Å². The molecule has 0 bridgehead atoms. The number of benzene rings is 2. The fourth-order valence-corrected chi connectivity index (χ4v) is 1.74. The number of amides is 1. The predicted molar refractivity (Wildman–Crippen MR) is 88.5 cm³/mol. The van der Waals surface area contributed by atoms with Crippen molar-refractivity contribution in [1.29, 1.82) is 0 Å². The number of nitro benzene ring substituents is 1. The molecule has 0 heterocycles. The molecule has 0 aliphatic rings. The maximum atomic E-state index is 11.6. The van der Waals surface area contributed by atoms with Crippen LogP contribution in [0.4, 0.5) is 5.69 Å². The minimum Gasteiger partial charge on any atom is -0.342 e. The smallest absolute Gasteiger partial charge is 0.269 e. The summed E-state index contributed by atoms with van der Waals surface area (Å²) >= 11 is 0. The summed E-state index contributed by atoms with van der Waals surface area (Å²) in [5.41, 5.74) is 1.62. The molecule has 0 radical (unpaired) electrons. The lowest BCUT2D eigenvalue weighted by atomic mass is 10.2. The molecule has 0 saturated heterocycles. The highest BCUT2D eigenvalue weighted by Crippen LogP contribution is 2.12. The van der Waals surface area contributed by atoms with E-state index in [9.17, 15) is 14.9 Å². The number of rotatable bonds is 4. The number of non-ortho nitro benzene ring substituents is 1. The van der Waals surface area contributed by atoms with Gasteiger partial charge >= 0.3 is 0 Å². The molecule has 23 heavy (non-hydrogen) atoms. The molecule has 2 aromatic rings. The Bertz CT molecular complexity index is 769. The quantitative estimate of drug-likeness (QED) is 0.408. The molecule has 2 aromatic carbocycles. The molecule has 0 atom stereocenters. The van der Waals surface area contributed by atoms with Gasteiger partial charge in [-0.2, -0.15) is 0 Å². The molecule has 1 N–H and O–H groups in total. The molecule has 2 rings (SSSR count). The zero-order valence-corrected chi connectivity index (χ0v) is 12.2. The van der Waals surface area contributed by atoms with Crippen molar-refractivity contribution < 1.29 is 9.72 Å². The van der Waals surface area contributed by atoms with Crippen molar-refractivity contribution in [2.75, 3.05) is 6.54 Å². The molecule has 0 aliphatic heterocycles. The van der Waals surface area contributed by atoms with Crippen LogP contribution in [0.5, 0.6) is 0 Å². The Morgan fingerprint density at radius 3 is 2.48 bits per heavy atom. The highest BCUT2D eigenvalue weighted by atomic mass is 16.6. The Morgan fingerprint density at radius 2 is 1.83 bits per heavy atom. The number of nitrogens with zero attached hydrogens (tertiary/aromatic N) is 1. The normalized spacial score (nSPS) is 9.91. The maximum Gasteiger partial charge on any atom is 0.269 e. The second-order valence-corrected chi connectivity index (χ2v) is 4.57. The van der Waals surface area contributed by atoms with Crippen LogP contribution in [0.3, 0.4) is 0 Å². The molecular formula is C18H14N2O3. The lowest BCUT2D eigenvalue weighted by Crippen LogP contribution is -2.20. The SMILES string of the molecule is O=C(/C=C/c1ccc([N+](=O)[O-])cc1)NCC#Cc1ccccc1. The van der Waals surface area contributed by atoms with Gasteiger partial charge in [0.2, 0.25) is 5.91 Å². The lowest BCUT2D eigenvalue weighted by Gasteiger charge is -1.96. The van der Waals surface area contributed by atoms with E-state index in [-0.39, 0.29) is 18.1 Å². The topological polar surface area (TPSA) is 72.2 Å². The van der Waals surface area contributed by atoms with Crippen LogP contribution in [0.25, 0.3) is 6.08 Å². The third kappa shape index (κ3) is 5.48. The number of hydrogen-bond donors (Lipinski definition) is 1. The minimum absolute atomic E-state index is 0.0165. The predicted octanol–water partition coefficient (Wildman–Crippen LogP) is 2.78. The maximum absolute atomic E-state index is 11.6. The van der Waals surface area contributed by atoms with Gasteiger partial charge < -0.3 is 5.32 Å². The summed E-state index contributed by atoms with van der Waals surface area (Å²) in [6, 6.07) is 15.4. The third-order valence-corrected chi connectivity index (χ3v) is 2.89. The molecule has 5 nitrogen and oxygen atoms in total. The van der Waals surface area contributed by atoms with E-state index in [4.69, 9.17) is 0 Å². The number of carbonyl (C=O) groups is 1. The number of hydrogen-bond acceptors (Lipinski definition) is 3. The molecule has 0 aromatic heterocycles. The first kappa shape index (κ1) is 16.0. The number of carbonyl (C=O) groups excluding carboxylic acids is 1. The summed E-state index contributed by atoms with van der Waals surface area (Å²) in [7, 11) is 0. The van der Waals surface area contributed by atoms with Gasteiger partial charge in [0.25, 0.3) is 5.69 Å². The largest absolute Gasteiger partial charge is 0.342 e.